The third-order valence-electron chi connectivity index (χ3n) is 2.20. The van der Waals surface area contributed by atoms with Gasteiger partial charge < -0.3 is 15.0 Å². The molecule has 0 aromatic heterocycles. The van der Waals surface area contributed by atoms with E-state index in [9.17, 15) is 4.79 Å². The van der Waals surface area contributed by atoms with Crippen LogP contribution in [-0.2, 0) is 0 Å². The smallest absolute Gasteiger partial charge is 0.251 e. The molecule has 0 aliphatic heterocycles. The number of nitrogens with zero attached hydrogens (tertiary/aromatic N) is 1. The zero-order valence-corrected chi connectivity index (χ0v) is 11.2. The van der Waals surface area contributed by atoms with E-state index >= 15 is 0 Å². The van der Waals surface area contributed by atoms with Crippen molar-refractivity contribution in [2.45, 2.75) is 0 Å². The number of rotatable bonds is 5. The molecule has 0 fully saturated rings. The summed E-state index contributed by atoms with van der Waals surface area (Å²) in [4.78, 5) is 13.7. The van der Waals surface area contributed by atoms with Crippen molar-refractivity contribution in [3.63, 3.8) is 0 Å². The highest BCUT2D eigenvalue weighted by Crippen LogP contribution is 2.10. The summed E-state index contributed by atoms with van der Waals surface area (Å²) in [6.45, 7) is 1.49. The highest BCUT2D eigenvalue weighted by atomic mass is 35.5. The van der Waals surface area contributed by atoms with Gasteiger partial charge >= 0.3 is 0 Å². The predicted octanol–water partition coefficient (Wildman–Crippen LogP) is 1.41. The Bertz CT molecular complexity index is 339. The number of amides is 1. The van der Waals surface area contributed by atoms with Gasteiger partial charge in [0.25, 0.3) is 5.91 Å². The summed E-state index contributed by atoms with van der Waals surface area (Å²) in [6.07, 6.45) is 0. The van der Waals surface area contributed by atoms with Gasteiger partial charge in [0.1, 0.15) is 5.75 Å². The van der Waals surface area contributed by atoms with E-state index in [-0.39, 0.29) is 18.3 Å². The molecule has 17 heavy (non-hydrogen) atoms. The summed E-state index contributed by atoms with van der Waals surface area (Å²) in [5.74, 6) is 0.703. The lowest BCUT2D eigenvalue weighted by Gasteiger charge is -2.10. The van der Waals surface area contributed by atoms with Crippen LogP contribution in [0.5, 0.6) is 5.75 Å². The topological polar surface area (TPSA) is 41.6 Å². The zero-order valence-electron chi connectivity index (χ0n) is 10.4. The summed E-state index contributed by atoms with van der Waals surface area (Å²) in [5.41, 5.74) is 0.652. The fourth-order valence-corrected chi connectivity index (χ4v) is 1.24. The summed E-state index contributed by atoms with van der Waals surface area (Å²) in [5, 5.41) is 2.85. The number of halogens is 1. The van der Waals surface area contributed by atoms with Crippen molar-refractivity contribution in [1.29, 1.82) is 0 Å². The van der Waals surface area contributed by atoms with E-state index in [2.05, 4.69) is 5.32 Å². The lowest BCUT2D eigenvalue weighted by Crippen LogP contribution is -2.31. The molecule has 1 N–H and O–H groups in total. The van der Waals surface area contributed by atoms with Crippen LogP contribution in [0.25, 0.3) is 0 Å². The normalized spacial score (nSPS) is 9.65. The van der Waals surface area contributed by atoms with Gasteiger partial charge in [-0.3, -0.25) is 4.79 Å². The first-order chi connectivity index (χ1) is 7.63. The zero-order chi connectivity index (χ0) is 12.0. The molecule has 0 unspecified atom stereocenters. The predicted molar refractivity (Wildman–Crippen MR) is 71.1 cm³/mol. The van der Waals surface area contributed by atoms with E-state index < -0.39 is 0 Å². The number of likely N-dealkylation sites (N-methyl/N-ethyl adjacent to an activating group) is 1. The Kier molecular flexibility index (Phi) is 7.34. The molecule has 1 aromatic carbocycles. The van der Waals surface area contributed by atoms with Crippen LogP contribution < -0.4 is 10.1 Å². The van der Waals surface area contributed by atoms with E-state index in [1.54, 1.807) is 31.4 Å². The first-order valence-corrected chi connectivity index (χ1v) is 5.20. The van der Waals surface area contributed by atoms with Crippen LogP contribution >= 0.6 is 12.4 Å². The van der Waals surface area contributed by atoms with Crippen molar-refractivity contribution in [3.05, 3.63) is 29.8 Å². The molecule has 1 rings (SSSR count). The number of carbonyl (C=O) groups excluding carboxylic acids is 1. The first kappa shape index (κ1) is 15.7. The van der Waals surface area contributed by atoms with E-state index in [4.69, 9.17) is 4.74 Å². The number of hydrogen-bond acceptors (Lipinski definition) is 3. The molecule has 0 heterocycles. The van der Waals surface area contributed by atoms with E-state index in [1.165, 1.54) is 0 Å². The molecule has 1 aromatic rings. The Balaban J connectivity index is 0.00000256. The van der Waals surface area contributed by atoms with Crippen molar-refractivity contribution in [2.75, 3.05) is 34.3 Å². The van der Waals surface area contributed by atoms with Crippen molar-refractivity contribution < 1.29 is 9.53 Å². The highest BCUT2D eigenvalue weighted by molar-refractivity contribution is 5.94. The van der Waals surface area contributed by atoms with E-state index in [1.807, 2.05) is 19.0 Å². The molecule has 4 nitrogen and oxygen atoms in total. The summed E-state index contributed by atoms with van der Waals surface area (Å²) in [7, 11) is 5.55. The molecule has 0 spiro atoms. The maximum atomic E-state index is 11.7. The van der Waals surface area contributed by atoms with Gasteiger partial charge in [0, 0.05) is 18.7 Å². The third kappa shape index (κ3) is 5.56. The molecule has 1 amide bonds. The second kappa shape index (κ2) is 7.92. The summed E-state index contributed by atoms with van der Waals surface area (Å²) >= 11 is 0. The fraction of sp³-hybridized carbons (Fsp3) is 0.417. The van der Waals surface area contributed by atoms with Crippen LogP contribution in [0.15, 0.2) is 24.3 Å². The minimum Gasteiger partial charge on any atom is -0.497 e. The van der Waals surface area contributed by atoms with Crippen molar-refractivity contribution in [3.8, 4) is 5.75 Å². The van der Waals surface area contributed by atoms with Gasteiger partial charge in [0.05, 0.1) is 7.11 Å². The minimum absolute atomic E-state index is 0. The molecular formula is C12H19ClN2O2. The maximum Gasteiger partial charge on any atom is 0.251 e. The molecular weight excluding hydrogens is 240 g/mol. The number of carbonyl (C=O) groups is 1. The second-order valence-electron chi connectivity index (χ2n) is 3.79. The van der Waals surface area contributed by atoms with Gasteiger partial charge in [0.2, 0.25) is 0 Å². The molecule has 0 saturated carbocycles. The molecule has 5 heteroatoms. The SMILES string of the molecule is COc1ccc(C(=O)NCCN(C)C)cc1.Cl. The molecule has 0 atom stereocenters. The molecule has 96 valence electrons. The van der Waals surface area contributed by atoms with Gasteiger partial charge in [-0.25, -0.2) is 0 Å². The minimum atomic E-state index is -0.0514. The third-order valence-corrected chi connectivity index (χ3v) is 2.20. The Morgan fingerprint density at radius 3 is 2.35 bits per heavy atom. The van der Waals surface area contributed by atoms with E-state index in [0.29, 0.717) is 12.1 Å². The molecule has 0 bridgehead atoms. The second-order valence-corrected chi connectivity index (χ2v) is 3.79. The largest absolute Gasteiger partial charge is 0.497 e. The van der Waals surface area contributed by atoms with Gasteiger partial charge in [-0.15, -0.1) is 12.4 Å². The van der Waals surface area contributed by atoms with Crippen molar-refractivity contribution in [1.82, 2.24) is 10.2 Å². The quantitative estimate of drug-likeness (QED) is 0.868. The van der Waals surface area contributed by atoms with Gasteiger partial charge in [-0.05, 0) is 38.4 Å². The Labute approximate surface area is 108 Å². The number of benzene rings is 1. The lowest BCUT2D eigenvalue weighted by molar-refractivity contribution is 0.0951. The van der Waals surface area contributed by atoms with Crippen LogP contribution in [0.3, 0.4) is 0 Å². The van der Waals surface area contributed by atoms with Crippen LogP contribution in [0.4, 0.5) is 0 Å². The standard InChI is InChI=1S/C12H18N2O2.ClH/c1-14(2)9-8-13-12(15)10-4-6-11(16-3)7-5-10;/h4-7H,8-9H2,1-3H3,(H,13,15);1H. The lowest BCUT2D eigenvalue weighted by atomic mass is 10.2. The average Bonchev–Trinajstić information content (AvgIpc) is 2.28. The fourth-order valence-electron chi connectivity index (χ4n) is 1.24. The monoisotopic (exact) mass is 258 g/mol. The van der Waals surface area contributed by atoms with Crippen LogP contribution in [0.1, 0.15) is 10.4 Å². The average molecular weight is 259 g/mol. The Morgan fingerprint density at radius 2 is 1.88 bits per heavy atom. The molecule has 0 aliphatic rings. The number of ether oxygens (including phenoxy) is 1. The van der Waals surface area contributed by atoms with E-state index in [0.717, 1.165) is 12.3 Å². The number of nitrogens with one attached hydrogen (secondary N) is 1. The Hall–Kier alpha value is -1.26. The van der Waals surface area contributed by atoms with Crippen LogP contribution in [0.2, 0.25) is 0 Å². The molecule has 0 saturated heterocycles. The highest BCUT2D eigenvalue weighted by Gasteiger charge is 2.04. The van der Waals surface area contributed by atoms with Gasteiger partial charge in [-0.1, -0.05) is 0 Å². The van der Waals surface area contributed by atoms with Gasteiger partial charge in [0.15, 0.2) is 0 Å². The maximum absolute atomic E-state index is 11.7. The van der Waals surface area contributed by atoms with Gasteiger partial charge in [-0.2, -0.15) is 0 Å². The van der Waals surface area contributed by atoms with Crippen molar-refractivity contribution >= 4 is 18.3 Å². The Morgan fingerprint density at radius 1 is 1.29 bits per heavy atom. The summed E-state index contributed by atoms with van der Waals surface area (Å²) < 4.78 is 5.02. The number of methoxy groups -OCH3 is 1. The first-order valence-electron chi connectivity index (χ1n) is 5.20. The van der Waals surface area contributed by atoms with Crippen molar-refractivity contribution in [2.24, 2.45) is 0 Å². The summed E-state index contributed by atoms with van der Waals surface area (Å²) in [6, 6.07) is 7.06. The number of hydrogen-bond donors (Lipinski definition) is 1. The van der Waals surface area contributed by atoms with Crippen LogP contribution in [0, 0.1) is 0 Å². The molecule has 0 radical (unpaired) electrons. The molecule has 0 aliphatic carbocycles. The van der Waals surface area contributed by atoms with Crippen LogP contribution in [-0.4, -0.2) is 45.1 Å².